The highest BCUT2D eigenvalue weighted by atomic mass is 79.9. The minimum atomic E-state index is -0.438. The van der Waals surface area contributed by atoms with Gasteiger partial charge in [-0.2, -0.15) is 0 Å². The molecule has 1 N–H and O–H groups in total. The Labute approximate surface area is 47.5 Å². The number of hydrogen-bond acceptors (Lipinski definition) is 2. The smallest absolute Gasteiger partial charge is 0.415 e. The van der Waals surface area contributed by atoms with Crippen LogP contribution in [0.4, 0.5) is 0 Å². The molecule has 0 radical (unpaired) electrons. The van der Waals surface area contributed by atoms with Gasteiger partial charge in [0.2, 0.25) is 0 Å². The zero-order chi connectivity index (χ0) is 5.28. The van der Waals surface area contributed by atoms with Crippen LogP contribution in [0.2, 0.25) is 0 Å². The molecule has 0 atom stereocenters. The molecule has 1 heterocycles. The monoisotopic (exact) mass is 163 g/mol. The van der Waals surface area contributed by atoms with Crippen molar-refractivity contribution in [2.75, 3.05) is 0 Å². The predicted octanol–water partition coefficient (Wildman–Crippen LogP) is 0.730. The van der Waals surface area contributed by atoms with E-state index in [1.165, 1.54) is 6.26 Å². The van der Waals surface area contributed by atoms with Crippen LogP contribution in [0.15, 0.2) is 20.1 Å². The summed E-state index contributed by atoms with van der Waals surface area (Å²) in [6.45, 7) is 0. The van der Waals surface area contributed by atoms with Crippen LogP contribution in [0.1, 0.15) is 0 Å². The van der Waals surface area contributed by atoms with Gasteiger partial charge in [-0.15, -0.1) is 0 Å². The normalized spacial score (nSPS) is 9.29. The van der Waals surface area contributed by atoms with Crippen LogP contribution in [-0.4, -0.2) is 4.98 Å². The molecule has 0 saturated carbocycles. The predicted molar refractivity (Wildman–Crippen MR) is 27.0 cm³/mol. The first kappa shape index (κ1) is 4.64. The van der Waals surface area contributed by atoms with Gasteiger partial charge in [0.25, 0.3) is 0 Å². The first-order valence-electron chi connectivity index (χ1n) is 1.62. The van der Waals surface area contributed by atoms with Gasteiger partial charge >= 0.3 is 5.76 Å². The first-order chi connectivity index (χ1) is 3.29. The van der Waals surface area contributed by atoms with Crippen molar-refractivity contribution in [1.82, 2.24) is 4.98 Å². The van der Waals surface area contributed by atoms with Gasteiger partial charge in [0, 0.05) is 0 Å². The van der Waals surface area contributed by atoms with E-state index in [1.807, 2.05) is 0 Å². The first-order valence-corrected chi connectivity index (χ1v) is 2.41. The van der Waals surface area contributed by atoms with E-state index in [-0.39, 0.29) is 0 Å². The number of rotatable bonds is 0. The highest BCUT2D eigenvalue weighted by Gasteiger charge is 1.86. The molecule has 0 aromatic carbocycles. The van der Waals surface area contributed by atoms with E-state index < -0.39 is 5.76 Å². The van der Waals surface area contributed by atoms with E-state index in [0.717, 1.165) is 0 Å². The molecule has 0 fully saturated rings. The molecule has 38 valence electrons. The summed E-state index contributed by atoms with van der Waals surface area (Å²) in [6.07, 6.45) is 1.29. The van der Waals surface area contributed by atoms with Gasteiger partial charge in [0.05, 0.1) is 0 Å². The van der Waals surface area contributed by atoms with Crippen molar-refractivity contribution < 1.29 is 4.42 Å². The third-order valence-corrected chi connectivity index (χ3v) is 0.876. The van der Waals surface area contributed by atoms with Crippen LogP contribution >= 0.6 is 15.9 Å². The molecule has 0 aliphatic rings. The van der Waals surface area contributed by atoms with E-state index in [4.69, 9.17) is 0 Å². The van der Waals surface area contributed by atoms with Gasteiger partial charge in [-0.3, -0.25) is 4.98 Å². The Morgan fingerprint density at radius 1 is 1.86 bits per heavy atom. The lowest BCUT2D eigenvalue weighted by molar-refractivity contribution is 0.515. The van der Waals surface area contributed by atoms with Crippen molar-refractivity contribution in [2.24, 2.45) is 0 Å². The molecule has 0 aliphatic carbocycles. The van der Waals surface area contributed by atoms with Crippen LogP contribution < -0.4 is 5.76 Å². The SMILES string of the molecule is O=c1[nH]c(Br)co1. The topological polar surface area (TPSA) is 46.0 Å². The third-order valence-electron chi connectivity index (χ3n) is 0.491. The Kier molecular flexibility index (Phi) is 1.02. The molecule has 0 unspecified atom stereocenters. The lowest BCUT2D eigenvalue weighted by Gasteiger charge is -1.61. The molecule has 0 spiro atoms. The second-order valence-electron chi connectivity index (χ2n) is 0.996. The van der Waals surface area contributed by atoms with Crippen LogP contribution in [0, 0.1) is 0 Å². The average Bonchev–Trinajstić information content (AvgIpc) is 1.87. The van der Waals surface area contributed by atoms with Crippen LogP contribution in [0.25, 0.3) is 0 Å². The number of nitrogens with one attached hydrogen (secondary N) is 1. The number of oxazole rings is 1. The second-order valence-corrected chi connectivity index (χ2v) is 1.85. The Bertz CT molecular complexity index is 201. The van der Waals surface area contributed by atoms with Crippen molar-refractivity contribution in [1.29, 1.82) is 0 Å². The van der Waals surface area contributed by atoms with Crippen molar-refractivity contribution in [3.05, 3.63) is 21.4 Å². The Balaban J connectivity index is 3.30. The van der Waals surface area contributed by atoms with E-state index in [2.05, 4.69) is 25.3 Å². The van der Waals surface area contributed by atoms with Crippen molar-refractivity contribution in [2.45, 2.75) is 0 Å². The van der Waals surface area contributed by atoms with E-state index in [9.17, 15) is 4.79 Å². The summed E-state index contributed by atoms with van der Waals surface area (Å²) in [5.74, 6) is -0.438. The molecule has 0 amide bonds. The number of halogens is 1. The van der Waals surface area contributed by atoms with Gasteiger partial charge in [0.15, 0.2) is 0 Å². The standard InChI is InChI=1S/C3H2BrNO2/c4-2-1-7-3(6)5-2/h1H,(H,5,6). The zero-order valence-corrected chi connectivity index (χ0v) is 4.86. The maximum atomic E-state index is 10.0. The highest BCUT2D eigenvalue weighted by Crippen LogP contribution is 1.98. The fraction of sp³-hybridized carbons (Fsp3) is 0. The summed E-state index contributed by atoms with van der Waals surface area (Å²) in [7, 11) is 0. The van der Waals surface area contributed by atoms with Gasteiger partial charge in [0.1, 0.15) is 10.9 Å². The van der Waals surface area contributed by atoms with E-state index >= 15 is 0 Å². The quantitative estimate of drug-likeness (QED) is 0.614. The summed E-state index contributed by atoms with van der Waals surface area (Å²) in [5, 5.41) is 0. The Morgan fingerprint density at radius 3 is 2.71 bits per heavy atom. The summed E-state index contributed by atoms with van der Waals surface area (Å²) >= 11 is 2.98. The summed E-state index contributed by atoms with van der Waals surface area (Å²) in [6, 6.07) is 0. The van der Waals surface area contributed by atoms with Gasteiger partial charge < -0.3 is 4.42 Å². The summed E-state index contributed by atoms with van der Waals surface area (Å²) < 4.78 is 4.87. The highest BCUT2D eigenvalue weighted by molar-refractivity contribution is 9.10. The lowest BCUT2D eigenvalue weighted by atomic mass is 11.0. The van der Waals surface area contributed by atoms with Crippen LogP contribution in [0.3, 0.4) is 0 Å². The Morgan fingerprint density at radius 2 is 2.57 bits per heavy atom. The molecule has 1 rings (SSSR count). The minimum Gasteiger partial charge on any atom is -0.415 e. The number of H-pyrrole nitrogens is 1. The van der Waals surface area contributed by atoms with Gasteiger partial charge in [-0.05, 0) is 15.9 Å². The van der Waals surface area contributed by atoms with E-state index in [1.54, 1.807) is 0 Å². The average molecular weight is 164 g/mol. The molecule has 7 heavy (non-hydrogen) atoms. The Hall–Kier alpha value is -0.510. The molecule has 1 aromatic rings. The number of aromatic amines is 1. The summed E-state index contributed by atoms with van der Waals surface area (Å²) in [4.78, 5) is 12.4. The van der Waals surface area contributed by atoms with Crippen LogP contribution in [0.5, 0.6) is 0 Å². The lowest BCUT2D eigenvalue weighted by Crippen LogP contribution is -1.92. The third kappa shape index (κ3) is 0.928. The zero-order valence-electron chi connectivity index (χ0n) is 3.27. The molecule has 1 aromatic heterocycles. The minimum absolute atomic E-state index is 0.438. The molecular weight excluding hydrogens is 162 g/mol. The van der Waals surface area contributed by atoms with Crippen LogP contribution in [-0.2, 0) is 0 Å². The van der Waals surface area contributed by atoms with Gasteiger partial charge in [-0.25, -0.2) is 4.79 Å². The molecule has 3 nitrogen and oxygen atoms in total. The fourth-order valence-electron chi connectivity index (χ4n) is 0.262. The number of hydrogen-bond donors (Lipinski definition) is 1. The second kappa shape index (κ2) is 1.54. The maximum absolute atomic E-state index is 10.0. The largest absolute Gasteiger partial charge is 0.417 e. The molecular formula is C3H2BrNO2. The van der Waals surface area contributed by atoms with Gasteiger partial charge in [-0.1, -0.05) is 0 Å². The fourth-order valence-corrected chi connectivity index (χ4v) is 0.517. The molecule has 0 aliphatic heterocycles. The molecule has 0 bridgehead atoms. The number of aromatic nitrogens is 1. The van der Waals surface area contributed by atoms with E-state index in [0.29, 0.717) is 4.60 Å². The summed E-state index contributed by atoms with van der Waals surface area (Å²) in [5.41, 5.74) is 0. The molecule has 0 saturated heterocycles. The maximum Gasteiger partial charge on any atom is 0.417 e. The van der Waals surface area contributed by atoms with Crippen molar-refractivity contribution >= 4 is 15.9 Å². The van der Waals surface area contributed by atoms with Crippen molar-refractivity contribution in [3.8, 4) is 0 Å². The van der Waals surface area contributed by atoms with Crippen molar-refractivity contribution in [3.63, 3.8) is 0 Å². The molecule has 4 heteroatoms.